The summed E-state index contributed by atoms with van der Waals surface area (Å²) in [6.45, 7) is 8.61. The lowest BCUT2D eigenvalue weighted by molar-refractivity contribution is 0.224. The van der Waals surface area contributed by atoms with Gasteiger partial charge in [-0.15, -0.1) is 9.24 Å². The van der Waals surface area contributed by atoms with E-state index in [-0.39, 0.29) is 12.2 Å². The molecule has 0 spiro atoms. The highest BCUT2D eigenvalue weighted by atomic mass is 31.0. The fourth-order valence-electron chi connectivity index (χ4n) is 5.82. The number of benzene rings is 2. The molecule has 2 aromatic carbocycles. The number of hydrogen-bond acceptors (Lipinski definition) is 2. The van der Waals surface area contributed by atoms with Crippen molar-refractivity contribution in [2.75, 3.05) is 0 Å². The van der Waals surface area contributed by atoms with Crippen molar-refractivity contribution in [2.24, 2.45) is 0 Å². The molecule has 2 nitrogen and oxygen atoms in total. The van der Waals surface area contributed by atoms with Crippen molar-refractivity contribution in [1.29, 1.82) is 0 Å². The maximum Gasteiger partial charge on any atom is 0.134 e. The minimum Gasteiger partial charge on any atom is -0.490 e. The molecule has 2 saturated carbocycles. The van der Waals surface area contributed by atoms with Crippen LogP contribution < -0.4 is 14.8 Å². The molecule has 2 fully saturated rings. The number of rotatable bonds is 7. The van der Waals surface area contributed by atoms with Gasteiger partial charge in [0.05, 0.1) is 17.8 Å². The van der Waals surface area contributed by atoms with Crippen LogP contribution in [0.5, 0.6) is 11.5 Å². The van der Waals surface area contributed by atoms with E-state index in [1.807, 2.05) is 0 Å². The van der Waals surface area contributed by atoms with E-state index in [2.05, 4.69) is 67.3 Å². The molecule has 0 N–H and O–H groups in total. The minimum absolute atomic E-state index is 0.121. The van der Waals surface area contributed by atoms with E-state index in [4.69, 9.17) is 9.47 Å². The first-order valence-corrected chi connectivity index (χ1v) is 13.9. The highest BCUT2D eigenvalue weighted by Gasteiger charge is 2.31. The van der Waals surface area contributed by atoms with Gasteiger partial charge in [0.2, 0.25) is 0 Å². The van der Waals surface area contributed by atoms with Crippen LogP contribution in [-0.4, -0.2) is 12.2 Å². The molecule has 0 aromatic heterocycles. The van der Waals surface area contributed by atoms with Crippen molar-refractivity contribution in [2.45, 2.75) is 116 Å². The quantitative estimate of drug-likeness (QED) is 0.381. The summed E-state index contributed by atoms with van der Waals surface area (Å²) in [4.78, 5) is 0. The molecule has 2 aliphatic carbocycles. The Morgan fingerprint density at radius 3 is 1.58 bits per heavy atom. The molecule has 0 amide bonds. The van der Waals surface area contributed by atoms with E-state index in [9.17, 15) is 0 Å². The molecule has 0 aliphatic heterocycles. The van der Waals surface area contributed by atoms with Crippen molar-refractivity contribution in [3.05, 3.63) is 41.5 Å². The summed E-state index contributed by atoms with van der Waals surface area (Å²) in [5.74, 6) is 3.31. The molecule has 2 aliphatic rings. The Hall–Kier alpha value is -1.53. The summed E-state index contributed by atoms with van der Waals surface area (Å²) in [6, 6.07) is 11.2. The standard InChI is InChI=1S/C30H43O2P/c1-20(2)31-29-25(22-13-7-5-8-14-22)19-26(23-15-9-6-10-16-23)30(32-21(3)4)28(29)24-17-11-12-18-27(24)33/h11-12,17-23H,5-10,13-16,33H2,1-4H3. The molecule has 4 rings (SSSR count). The predicted octanol–water partition coefficient (Wildman–Crippen LogP) is 8.52. The van der Waals surface area contributed by atoms with Gasteiger partial charge in [-0.1, -0.05) is 62.8 Å². The van der Waals surface area contributed by atoms with E-state index in [0.29, 0.717) is 11.8 Å². The van der Waals surface area contributed by atoms with Gasteiger partial charge in [-0.25, -0.2) is 0 Å². The molecule has 1 unspecified atom stereocenters. The highest BCUT2D eigenvalue weighted by Crippen LogP contribution is 2.52. The molecule has 3 heteroatoms. The second-order valence-electron chi connectivity index (χ2n) is 10.7. The van der Waals surface area contributed by atoms with Crippen molar-refractivity contribution >= 4 is 14.5 Å². The molecule has 0 heterocycles. The predicted molar refractivity (Wildman–Crippen MR) is 144 cm³/mol. The van der Waals surface area contributed by atoms with Crippen LogP contribution in [0, 0.1) is 0 Å². The summed E-state index contributed by atoms with van der Waals surface area (Å²) in [6.07, 6.45) is 13.3. The van der Waals surface area contributed by atoms with Gasteiger partial charge >= 0.3 is 0 Å². The third-order valence-electron chi connectivity index (χ3n) is 7.32. The molecular formula is C30H43O2P. The SMILES string of the molecule is CC(C)Oc1c(C2CCCCC2)cc(C2CCCCC2)c(OC(C)C)c1-c1ccccc1P. The summed E-state index contributed by atoms with van der Waals surface area (Å²) in [5.41, 5.74) is 5.28. The first kappa shape index (κ1) is 24.6. The van der Waals surface area contributed by atoms with Gasteiger partial charge in [0.25, 0.3) is 0 Å². The minimum atomic E-state index is 0.121. The zero-order valence-corrected chi connectivity index (χ0v) is 22.3. The molecular weight excluding hydrogens is 423 g/mol. The molecule has 0 radical (unpaired) electrons. The maximum atomic E-state index is 6.71. The molecule has 33 heavy (non-hydrogen) atoms. The third-order valence-corrected chi connectivity index (χ3v) is 7.82. The van der Waals surface area contributed by atoms with Gasteiger partial charge in [-0.3, -0.25) is 0 Å². The van der Waals surface area contributed by atoms with Gasteiger partial charge in [-0.05, 0) is 93.3 Å². The Labute approximate surface area is 204 Å². The largest absolute Gasteiger partial charge is 0.490 e. The van der Waals surface area contributed by atoms with Crippen molar-refractivity contribution in [3.63, 3.8) is 0 Å². The van der Waals surface area contributed by atoms with E-state index in [0.717, 1.165) is 11.5 Å². The van der Waals surface area contributed by atoms with Crippen LogP contribution in [0.2, 0.25) is 0 Å². The molecule has 0 saturated heterocycles. The lowest BCUT2D eigenvalue weighted by Gasteiger charge is -2.33. The average Bonchev–Trinajstić information content (AvgIpc) is 2.80. The van der Waals surface area contributed by atoms with Crippen LogP contribution in [0.15, 0.2) is 30.3 Å². The van der Waals surface area contributed by atoms with E-state index < -0.39 is 0 Å². The Morgan fingerprint density at radius 2 is 1.15 bits per heavy atom. The van der Waals surface area contributed by atoms with Crippen LogP contribution in [0.3, 0.4) is 0 Å². The Balaban J connectivity index is 2.02. The molecule has 180 valence electrons. The lowest BCUT2D eigenvalue weighted by Crippen LogP contribution is -2.18. The normalized spacial score (nSPS) is 18.2. The first-order valence-electron chi connectivity index (χ1n) is 13.3. The Morgan fingerprint density at radius 1 is 0.697 bits per heavy atom. The summed E-state index contributed by atoms with van der Waals surface area (Å²) in [7, 11) is 2.95. The second-order valence-corrected chi connectivity index (χ2v) is 11.3. The fourth-order valence-corrected chi connectivity index (χ4v) is 6.17. The van der Waals surface area contributed by atoms with Crippen LogP contribution in [0.25, 0.3) is 11.1 Å². The molecule has 1 atom stereocenters. The maximum absolute atomic E-state index is 6.71. The summed E-state index contributed by atoms with van der Waals surface area (Å²) >= 11 is 0. The number of ether oxygens (including phenoxy) is 2. The van der Waals surface area contributed by atoms with Crippen molar-refractivity contribution < 1.29 is 9.47 Å². The smallest absolute Gasteiger partial charge is 0.134 e. The average molecular weight is 467 g/mol. The van der Waals surface area contributed by atoms with Crippen LogP contribution in [0.1, 0.15) is 115 Å². The van der Waals surface area contributed by atoms with Gasteiger partial charge < -0.3 is 9.47 Å². The first-order chi connectivity index (χ1) is 16.0. The van der Waals surface area contributed by atoms with E-state index >= 15 is 0 Å². The van der Waals surface area contributed by atoms with Gasteiger partial charge in [-0.2, -0.15) is 0 Å². The van der Waals surface area contributed by atoms with E-state index in [1.165, 1.54) is 91.8 Å². The summed E-state index contributed by atoms with van der Waals surface area (Å²) < 4.78 is 13.4. The van der Waals surface area contributed by atoms with E-state index in [1.54, 1.807) is 0 Å². The molecule has 0 bridgehead atoms. The summed E-state index contributed by atoms with van der Waals surface area (Å²) in [5, 5.41) is 1.20. The van der Waals surface area contributed by atoms with Gasteiger partial charge in [0, 0.05) is 0 Å². The number of hydrogen-bond donors (Lipinski definition) is 0. The third kappa shape index (κ3) is 5.76. The zero-order chi connectivity index (χ0) is 23.4. The van der Waals surface area contributed by atoms with Crippen molar-refractivity contribution in [1.82, 2.24) is 0 Å². The van der Waals surface area contributed by atoms with Crippen molar-refractivity contribution in [3.8, 4) is 22.6 Å². The fraction of sp³-hybridized carbons (Fsp3) is 0.600. The zero-order valence-electron chi connectivity index (χ0n) is 21.2. The molecule has 2 aromatic rings. The van der Waals surface area contributed by atoms with Gasteiger partial charge in [0.15, 0.2) is 0 Å². The lowest BCUT2D eigenvalue weighted by atomic mass is 9.77. The van der Waals surface area contributed by atoms with Gasteiger partial charge in [0.1, 0.15) is 11.5 Å². The Kier molecular flexibility index (Phi) is 8.39. The Bertz CT molecular complexity index is 871. The topological polar surface area (TPSA) is 18.5 Å². The van der Waals surface area contributed by atoms with Crippen LogP contribution in [0.4, 0.5) is 0 Å². The van der Waals surface area contributed by atoms with Crippen LogP contribution >= 0.6 is 9.24 Å². The second kappa shape index (κ2) is 11.3. The highest BCUT2D eigenvalue weighted by molar-refractivity contribution is 7.28. The monoisotopic (exact) mass is 466 g/mol. The van der Waals surface area contributed by atoms with Crippen LogP contribution in [-0.2, 0) is 0 Å².